The fourth-order valence-corrected chi connectivity index (χ4v) is 6.04. The normalized spacial score (nSPS) is 19.4. The van der Waals surface area contributed by atoms with E-state index in [1.807, 2.05) is 9.47 Å². The summed E-state index contributed by atoms with van der Waals surface area (Å²) in [6.07, 6.45) is -5.82. The molecule has 2 fully saturated rings. The number of fused-ring (bicyclic) bond motifs is 3. The average molecular weight is 543 g/mol. The van der Waals surface area contributed by atoms with E-state index in [9.17, 15) is 26.3 Å². The maximum Gasteiger partial charge on any atom is 0.401 e. The molecular formula is C24H21ClF6N6. The van der Waals surface area contributed by atoms with Gasteiger partial charge >= 0.3 is 6.18 Å². The van der Waals surface area contributed by atoms with E-state index in [1.54, 1.807) is 18.2 Å². The molecule has 0 bridgehead atoms. The van der Waals surface area contributed by atoms with Crippen molar-refractivity contribution in [1.82, 2.24) is 24.6 Å². The number of hydrogen-bond donors (Lipinski definition) is 0. The molecule has 2 aromatic heterocycles. The lowest BCUT2D eigenvalue weighted by molar-refractivity contribution is -0.148. The fourth-order valence-electron chi connectivity index (χ4n) is 5.85. The molecule has 13 heteroatoms. The maximum absolute atomic E-state index is 13.6. The van der Waals surface area contributed by atoms with Crippen molar-refractivity contribution in [3.05, 3.63) is 64.1 Å². The van der Waals surface area contributed by atoms with Gasteiger partial charge in [0.25, 0.3) is 6.43 Å². The Balaban J connectivity index is 1.21. The first-order valence-electron chi connectivity index (χ1n) is 11.7. The Morgan fingerprint density at radius 2 is 1.81 bits per heavy atom. The minimum atomic E-state index is -4.36. The molecule has 1 saturated carbocycles. The van der Waals surface area contributed by atoms with E-state index in [0.717, 1.165) is 24.6 Å². The summed E-state index contributed by atoms with van der Waals surface area (Å²) in [5.41, 5.74) is 0.482. The maximum atomic E-state index is 13.6. The standard InChI is InChI=1S/C24H21ClF6N6/c25-15-1-3-17-13(5-15)8-35(12-24(29,30)31)9-19-33-34-22(37(17)19)14-6-23(7-14)10-36(11-23)18-4-2-16(26)20(32-18)21(27)28/h1-5,14,21H,6-12H2. The Kier molecular flexibility index (Phi) is 5.68. The first kappa shape index (κ1) is 24.5. The molecular weight excluding hydrogens is 522 g/mol. The SMILES string of the molecule is Fc1ccc(N2CC3(CC(c4nnc5n4-c4ccc(Cl)cc4CN(CC(F)(F)F)C5)C3)C2)nc1C(F)F. The molecule has 0 unspecified atom stereocenters. The number of alkyl halides is 5. The zero-order valence-corrected chi connectivity index (χ0v) is 20.1. The van der Waals surface area contributed by atoms with Gasteiger partial charge in [-0.05, 0) is 48.7 Å². The molecule has 1 spiro atoms. The zero-order valence-electron chi connectivity index (χ0n) is 19.3. The van der Waals surface area contributed by atoms with Gasteiger partial charge in [-0.25, -0.2) is 18.2 Å². The monoisotopic (exact) mass is 542 g/mol. The van der Waals surface area contributed by atoms with E-state index < -0.39 is 30.7 Å². The van der Waals surface area contributed by atoms with Gasteiger partial charge in [0, 0.05) is 36.0 Å². The van der Waals surface area contributed by atoms with Gasteiger partial charge in [0.05, 0.1) is 18.8 Å². The van der Waals surface area contributed by atoms with E-state index in [4.69, 9.17) is 11.6 Å². The van der Waals surface area contributed by atoms with Crippen molar-refractivity contribution in [3.8, 4) is 5.69 Å². The molecule has 196 valence electrons. The third kappa shape index (κ3) is 4.43. The van der Waals surface area contributed by atoms with Crippen LogP contribution in [0.4, 0.5) is 32.2 Å². The highest BCUT2D eigenvalue weighted by molar-refractivity contribution is 6.30. The van der Waals surface area contributed by atoms with Crippen LogP contribution >= 0.6 is 11.6 Å². The van der Waals surface area contributed by atoms with Crippen molar-refractivity contribution in [2.75, 3.05) is 24.5 Å². The molecule has 6 nitrogen and oxygen atoms in total. The molecule has 3 aliphatic rings. The Labute approximate surface area is 212 Å². The summed E-state index contributed by atoms with van der Waals surface area (Å²) in [4.78, 5) is 6.92. The smallest absolute Gasteiger partial charge is 0.355 e. The lowest BCUT2D eigenvalue weighted by atomic mass is 9.57. The predicted octanol–water partition coefficient (Wildman–Crippen LogP) is 5.65. The van der Waals surface area contributed by atoms with Crippen LogP contribution in [0.5, 0.6) is 0 Å². The summed E-state index contributed by atoms with van der Waals surface area (Å²) >= 11 is 6.16. The van der Waals surface area contributed by atoms with Crippen molar-refractivity contribution >= 4 is 17.4 Å². The van der Waals surface area contributed by atoms with E-state index in [1.165, 1.54) is 11.0 Å². The second kappa shape index (κ2) is 8.59. The van der Waals surface area contributed by atoms with Crippen LogP contribution in [0.1, 0.15) is 48.1 Å². The summed E-state index contributed by atoms with van der Waals surface area (Å²) in [5.74, 6) is 0.458. The van der Waals surface area contributed by atoms with Gasteiger partial charge in [-0.15, -0.1) is 10.2 Å². The number of anilines is 1. The Morgan fingerprint density at radius 1 is 1.05 bits per heavy atom. The number of aromatic nitrogens is 4. The van der Waals surface area contributed by atoms with Crippen molar-refractivity contribution in [2.24, 2.45) is 5.41 Å². The third-order valence-corrected chi connectivity index (χ3v) is 7.60. The summed E-state index contributed by atoms with van der Waals surface area (Å²) in [5, 5.41) is 9.07. The van der Waals surface area contributed by atoms with E-state index in [0.29, 0.717) is 41.1 Å². The summed E-state index contributed by atoms with van der Waals surface area (Å²) in [6.45, 7) is 0.184. The fraction of sp³-hybridized carbons (Fsp3) is 0.458. The molecule has 0 N–H and O–H groups in total. The Hall–Kier alpha value is -2.86. The molecule has 0 atom stereocenters. The minimum Gasteiger partial charge on any atom is -0.355 e. The highest BCUT2D eigenvalue weighted by Crippen LogP contribution is 2.56. The Bertz CT molecular complexity index is 1340. The number of hydrogen-bond acceptors (Lipinski definition) is 5. The van der Waals surface area contributed by atoms with Gasteiger partial charge in [0.2, 0.25) is 0 Å². The Morgan fingerprint density at radius 3 is 2.51 bits per heavy atom. The van der Waals surface area contributed by atoms with Crippen LogP contribution in [0.15, 0.2) is 30.3 Å². The van der Waals surface area contributed by atoms with Gasteiger partial charge in [-0.1, -0.05) is 11.6 Å². The van der Waals surface area contributed by atoms with Crippen molar-refractivity contribution in [3.63, 3.8) is 0 Å². The van der Waals surface area contributed by atoms with E-state index in [2.05, 4.69) is 15.2 Å². The third-order valence-electron chi connectivity index (χ3n) is 7.37. The molecule has 0 radical (unpaired) electrons. The first-order chi connectivity index (χ1) is 17.5. The molecule has 6 rings (SSSR count). The number of nitrogens with zero attached hydrogens (tertiary/aromatic N) is 6. The van der Waals surface area contributed by atoms with Gasteiger partial charge in [0.1, 0.15) is 17.3 Å². The topological polar surface area (TPSA) is 50.1 Å². The van der Waals surface area contributed by atoms with Crippen LogP contribution in [-0.4, -0.2) is 50.5 Å². The summed E-state index contributed by atoms with van der Waals surface area (Å²) < 4.78 is 81.1. The average Bonchev–Trinajstić information content (AvgIpc) is 3.07. The molecule has 3 aromatic rings. The molecule has 1 aliphatic carbocycles. The van der Waals surface area contributed by atoms with E-state index >= 15 is 0 Å². The molecule has 37 heavy (non-hydrogen) atoms. The van der Waals surface area contributed by atoms with Crippen LogP contribution in [0.3, 0.4) is 0 Å². The number of pyridine rings is 1. The summed E-state index contributed by atoms with van der Waals surface area (Å²) in [7, 11) is 0. The van der Waals surface area contributed by atoms with Gasteiger partial charge in [-0.3, -0.25) is 9.47 Å². The molecule has 0 amide bonds. The molecule has 1 saturated heterocycles. The van der Waals surface area contributed by atoms with Crippen LogP contribution in [0.25, 0.3) is 5.69 Å². The zero-order chi connectivity index (χ0) is 26.1. The quantitative estimate of drug-likeness (QED) is 0.399. The lowest BCUT2D eigenvalue weighted by Gasteiger charge is -2.59. The van der Waals surface area contributed by atoms with Crippen molar-refractivity contribution in [2.45, 2.75) is 44.5 Å². The van der Waals surface area contributed by atoms with Crippen LogP contribution < -0.4 is 4.90 Å². The summed E-state index contributed by atoms with van der Waals surface area (Å²) in [6, 6.07) is 7.57. The molecule has 2 aliphatic heterocycles. The second-order valence-electron chi connectivity index (χ2n) is 10.1. The van der Waals surface area contributed by atoms with E-state index in [-0.39, 0.29) is 24.4 Å². The van der Waals surface area contributed by atoms with Gasteiger partial charge in [0.15, 0.2) is 11.6 Å². The van der Waals surface area contributed by atoms with Gasteiger partial charge < -0.3 is 4.90 Å². The number of rotatable bonds is 4. The number of halogens is 7. The second-order valence-corrected chi connectivity index (χ2v) is 10.6. The largest absolute Gasteiger partial charge is 0.401 e. The van der Waals surface area contributed by atoms with Crippen LogP contribution in [0.2, 0.25) is 5.02 Å². The first-order valence-corrected chi connectivity index (χ1v) is 12.1. The minimum absolute atomic E-state index is 0.00679. The predicted molar refractivity (Wildman–Crippen MR) is 122 cm³/mol. The van der Waals surface area contributed by atoms with Gasteiger partial charge in [-0.2, -0.15) is 13.2 Å². The molecule has 4 heterocycles. The van der Waals surface area contributed by atoms with Crippen LogP contribution in [-0.2, 0) is 13.1 Å². The van der Waals surface area contributed by atoms with Crippen molar-refractivity contribution < 1.29 is 26.3 Å². The van der Waals surface area contributed by atoms with Crippen molar-refractivity contribution in [1.29, 1.82) is 0 Å². The van der Waals surface area contributed by atoms with Crippen LogP contribution in [0, 0.1) is 11.2 Å². The highest BCUT2D eigenvalue weighted by atomic mass is 35.5. The molecule has 1 aromatic carbocycles. The highest BCUT2D eigenvalue weighted by Gasteiger charge is 2.54. The lowest BCUT2D eigenvalue weighted by Crippen LogP contribution is -2.62. The number of benzene rings is 1.